The molecule has 0 aliphatic heterocycles. The van der Waals surface area contributed by atoms with Gasteiger partial charge in [0.05, 0.1) is 6.04 Å². The Morgan fingerprint density at radius 2 is 2.31 bits per heavy atom. The first-order chi connectivity index (χ1) is 7.63. The maximum Gasteiger partial charge on any atom is 0.405 e. The van der Waals surface area contributed by atoms with Crippen LogP contribution in [0.25, 0.3) is 0 Å². The van der Waals surface area contributed by atoms with Crippen LogP contribution in [0.1, 0.15) is 17.2 Å². The van der Waals surface area contributed by atoms with Crippen LogP contribution in [0.3, 0.4) is 0 Å². The van der Waals surface area contributed by atoms with Gasteiger partial charge < -0.3 is 15.2 Å². The highest BCUT2D eigenvalue weighted by Crippen LogP contribution is 2.38. The zero-order valence-electron chi connectivity index (χ0n) is 8.31. The van der Waals surface area contributed by atoms with Crippen LogP contribution in [0.4, 0.5) is 4.79 Å². The number of amides is 1. The van der Waals surface area contributed by atoms with E-state index in [1.54, 1.807) is 18.2 Å². The first kappa shape index (κ1) is 11.0. The van der Waals surface area contributed by atoms with E-state index in [0.29, 0.717) is 11.4 Å². The van der Waals surface area contributed by atoms with Crippen LogP contribution in [-0.2, 0) is 11.2 Å². The van der Waals surface area contributed by atoms with Crippen molar-refractivity contribution in [3.8, 4) is 0 Å². The maximum absolute atomic E-state index is 10.9. The van der Waals surface area contributed by atoms with Crippen molar-refractivity contribution in [1.29, 1.82) is 0 Å². The normalized spacial score (nSPS) is 22.6. The minimum absolute atomic E-state index is 0.369. The summed E-state index contributed by atoms with van der Waals surface area (Å²) in [6.07, 6.45) is 0.130. The van der Waals surface area contributed by atoms with Crippen molar-refractivity contribution in [1.82, 2.24) is 5.32 Å². The molecule has 1 aliphatic carbocycles. The van der Waals surface area contributed by atoms with Crippen molar-refractivity contribution < 1.29 is 14.7 Å². The minimum Gasteiger partial charge on any atom is -0.465 e. The molecule has 0 heterocycles. The molecule has 0 saturated heterocycles. The van der Waals surface area contributed by atoms with Crippen molar-refractivity contribution >= 4 is 24.0 Å². The summed E-state index contributed by atoms with van der Waals surface area (Å²) in [5.41, 5.74) is 1.66. The number of nitrogens with one attached hydrogen (secondary N) is 1. The van der Waals surface area contributed by atoms with Gasteiger partial charge in [-0.25, -0.2) is 4.79 Å². The van der Waals surface area contributed by atoms with E-state index in [2.05, 4.69) is 5.32 Å². The summed E-state index contributed by atoms with van der Waals surface area (Å²) in [7, 11) is 0. The molecule has 0 saturated carbocycles. The van der Waals surface area contributed by atoms with E-state index in [1.165, 1.54) is 0 Å². The predicted octanol–water partition coefficient (Wildman–Crippen LogP) is 2.02. The number of hydrogen-bond acceptors (Lipinski definition) is 2. The molecule has 84 valence electrons. The summed E-state index contributed by atoms with van der Waals surface area (Å²) in [4.78, 5) is 21.6. The van der Waals surface area contributed by atoms with E-state index in [9.17, 15) is 9.59 Å². The molecule has 0 aromatic heterocycles. The summed E-state index contributed by atoms with van der Waals surface area (Å²) in [5.74, 6) is -0.369. The van der Waals surface area contributed by atoms with E-state index in [1.807, 2.05) is 0 Å². The summed E-state index contributed by atoms with van der Waals surface area (Å²) < 4.78 is 0. The molecule has 0 radical (unpaired) electrons. The van der Waals surface area contributed by atoms with Gasteiger partial charge in [0.15, 0.2) is 0 Å². The van der Waals surface area contributed by atoms with Crippen molar-refractivity contribution in [2.45, 2.75) is 12.5 Å². The van der Waals surface area contributed by atoms with Crippen molar-refractivity contribution in [3.63, 3.8) is 0 Å². The van der Waals surface area contributed by atoms with Gasteiger partial charge in [0, 0.05) is 10.9 Å². The largest absolute Gasteiger partial charge is 0.465 e. The number of halogens is 1. The number of aldehydes is 1. The molecule has 1 aromatic carbocycles. The van der Waals surface area contributed by atoms with Gasteiger partial charge in [-0.2, -0.15) is 0 Å². The number of fused-ring (bicyclic) bond motifs is 1. The maximum atomic E-state index is 10.9. The molecule has 2 rings (SSSR count). The average Bonchev–Trinajstić information content (AvgIpc) is 2.58. The molecule has 16 heavy (non-hydrogen) atoms. The molecular weight excluding hydrogens is 230 g/mol. The lowest BCUT2D eigenvalue weighted by atomic mass is 10.0. The van der Waals surface area contributed by atoms with Crippen molar-refractivity contribution in [2.24, 2.45) is 5.92 Å². The van der Waals surface area contributed by atoms with Crippen molar-refractivity contribution in [2.75, 3.05) is 0 Å². The molecule has 2 atom stereocenters. The number of carbonyl (C=O) groups excluding carboxylic acids is 1. The quantitative estimate of drug-likeness (QED) is 0.776. The lowest BCUT2D eigenvalue weighted by molar-refractivity contribution is -0.111. The van der Waals surface area contributed by atoms with Gasteiger partial charge in [-0.15, -0.1) is 0 Å². The Hall–Kier alpha value is -1.55. The second-order valence-electron chi connectivity index (χ2n) is 3.74. The standard InChI is InChI=1S/C11H10ClNO3/c12-9-3-1-2-7-8(9)4-6(5-14)10(7)13-11(15)16/h1-3,5-6,10,13H,4H2,(H,15,16)/t6-,10-/m1/s1. The molecule has 5 heteroatoms. The first-order valence-electron chi connectivity index (χ1n) is 4.85. The topological polar surface area (TPSA) is 66.4 Å². The lowest BCUT2D eigenvalue weighted by Gasteiger charge is -2.15. The van der Waals surface area contributed by atoms with Gasteiger partial charge in [-0.1, -0.05) is 23.7 Å². The van der Waals surface area contributed by atoms with Gasteiger partial charge in [0.2, 0.25) is 0 Å². The fraction of sp³-hybridized carbons (Fsp3) is 0.273. The Bertz CT molecular complexity index is 447. The highest BCUT2D eigenvalue weighted by atomic mass is 35.5. The zero-order valence-corrected chi connectivity index (χ0v) is 9.07. The molecule has 1 amide bonds. The number of carbonyl (C=O) groups is 2. The van der Waals surface area contributed by atoms with Gasteiger partial charge in [0.1, 0.15) is 6.29 Å². The molecule has 0 unspecified atom stereocenters. The van der Waals surface area contributed by atoms with Crippen molar-refractivity contribution in [3.05, 3.63) is 34.3 Å². The van der Waals surface area contributed by atoms with Crippen LogP contribution in [0.5, 0.6) is 0 Å². The smallest absolute Gasteiger partial charge is 0.405 e. The summed E-state index contributed by atoms with van der Waals surface area (Å²) in [6.45, 7) is 0. The highest BCUT2D eigenvalue weighted by molar-refractivity contribution is 6.31. The fourth-order valence-corrected chi connectivity index (χ4v) is 2.37. The predicted molar refractivity (Wildman–Crippen MR) is 58.6 cm³/mol. The number of benzene rings is 1. The van der Waals surface area contributed by atoms with E-state index in [0.717, 1.165) is 17.4 Å². The Labute approximate surface area is 97.2 Å². The van der Waals surface area contributed by atoms with Gasteiger partial charge in [-0.3, -0.25) is 0 Å². The monoisotopic (exact) mass is 239 g/mol. The van der Waals surface area contributed by atoms with Gasteiger partial charge >= 0.3 is 6.09 Å². The van der Waals surface area contributed by atoms with Crippen LogP contribution in [0, 0.1) is 5.92 Å². The van der Waals surface area contributed by atoms with Crippen LogP contribution >= 0.6 is 11.6 Å². The Morgan fingerprint density at radius 3 is 2.94 bits per heavy atom. The third kappa shape index (κ3) is 1.76. The SMILES string of the molecule is O=C[C@H]1Cc2c(Cl)cccc2[C@@H]1NC(=O)O. The second-order valence-corrected chi connectivity index (χ2v) is 4.15. The number of rotatable bonds is 2. The summed E-state index contributed by atoms with van der Waals surface area (Å²) in [6, 6.07) is 4.81. The Morgan fingerprint density at radius 1 is 1.56 bits per heavy atom. The first-order valence-corrected chi connectivity index (χ1v) is 5.23. The van der Waals surface area contributed by atoms with Crippen LogP contribution in [0.2, 0.25) is 5.02 Å². The van der Waals surface area contributed by atoms with E-state index in [-0.39, 0.29) is 5.92 Å². The molecule has 0 fully saturated rings. The van der Waals surface area contributed by atoms with Gasteiger partial charge in [0.25, 0.3) is 0 Å². The Kier molecular flexibility index (Phi) is 2.83. The van der Waals surface area contributed by atoms with E-state index >= 15 is 0 Å². The summed E-state index contributed by atoms with van der Waals surface area (Å²) in [5, 5.41) is 11.7. The van der Waals surface area contributed by atoms with Crippen LogP contribution in [-0.4, -0.2) is 17.5 Å². The lowest BCUT2D eigenvalue weighted by Crippen LogP contribution is -2.30. The van der Waals surface area contributed by atoms with Crippen LogP contribution in [0.15, 0.2) is 18.2 Å². The average molecular weight is 240 g/mol. The van der Waals surface area contributed by atoms with E-state index < -0.39 is 12.1 Å². The second kappa shape index (κ2) is 4.14. The zero-order chi connectivity index (χ0) is 11.7. The minimum atomic E-state index is -1.13. The van der Waals surface area contributed by atoms with Crippen LogP contribution < -0.4 is 5.32 Å². The summed E-state index contributed by atoms with van der Waals surface area (Å²) >= 11 is 6.00. The third-order valence-corrected chi connectivity index (χ3v) is 3.17. The molecule has 4 nitrogen and oxygen atoms in total. The molecular formula is C11H10ClNO3. The third-order valence-electron chi connectivity index (χ3n) is 2.81. The molecule has 1 aromatic rings. The molecule has 0 spiro atoms. The molecule has 0 bridgehead atoms. The fourth-order valence-electron chi connectivity index (χ4n) is 2.11. The molecule has 1 aliphatic rings. The van der Waals surface area contributed by atoms with Gasteiger partial charge in [-0.05, 0) is 23.6 Å². The highest BCUT2D eigenvalue weighted by Gasteiger charge is 2.34. The Balaban J connectivity index is 2.40. The molecule has 2 N–H and O–H groups in total. The number of hydrogen-bond donors (Lipinski definition) is 2. The number of carboxylic acid groups (broad SMARTS) is 1. The van der Waals surface area contributed by atoms with E-state index in [4.69, 9.17) is 16.7 Å².